The zero-order valence-electron chi connectivity index (χ0n) is 16.5. The van der Waals surface area contributed by atoms with E-state index >= 15 is 0 Å². The number of rotatable bonds is 5. The Morgan fingerprint density at radius 2 is 1.70 bits per heavy atom. The summed E-state index contributed by atoms with van der Waals surface area (Å²) in [5, 5.41) is 4.73. The Morgan fingerprint density at radius 1 is 1.00 bits per heavy atom. The fourth-order valence-electron chi connectivity index (χ4n) is 3.41. The number of carbonyl (C=O) groups is 2. The highest BCUT2D eigenvalue weighted by Crippen LogP contribution is 2.25. The molecule has 1 aliphatic rings. The lowest BCUT2D eigenvalue weighted by Gasteiger charge is -2.12. The summed E-state index contributed by atoms with van der Waals surface area (Å²) in [4.78, 5) is 23.1. The Hall–Kier alpha value is -3.32. The molecule has 3 aromatic rings. The molecule has 30 heavy (non-hydrogen) atoms. The molecule has 0 aliphatic carbocycles. The third kappa shape index (κ3) is 4.16. The van der Waals surface area contributed by atoms with E-state index in [1.54, 1.807) is 6.08 Å². The van der Waals surface area contributed by atoms with Crippen LogP contribution >= 0.6 is 15.9 Å². The van der Waals surface area contributed by atoms with Crippen molar-refractivity contribution in [2.24, 2.45) is 0 Å². The van der Waals surface area contributed by atoms with Crippen molar-refractivity contribution in [2.75, 3.05) is 0 Å². The minimum absolute atomic E-state index is 0.247. The summed E-state index contributed by atoms with van der Waals surface area (Å²) in [6.45, 7) is 4.48. The van der Waals surface area contributed by atoms with Crippen LogP contribution in [0.25, 0.3) is 11.8 Å². The number of hydrogen-bond donors (Lipinski definition) is 2. The van der Waals surface area contributed by atoms with Gasteiger partial charge in [0.1, 0.15) is 18.1 Å². The smallest absolute Gasteiger partial charge is 0.326 e. The zero-order chi connectivity index (χ0) is 21.3. The molecule has 6 nitrogen and oxygen atoms in total. The van der Waals surface area contributed by atoms with Gasteiger partial charge in [-0.2, -0.15) is 0 Å². The summed E-state index contributed by atoms with van der Waals surface area (Å²) < 4.78 is 9.02. The molecule has 4 rings (SSSR count). The van der Waals surface area contributed by atoms with E-state index in [2.05, 4.69) is 31.1 Å². The number of nitrogens with zero attached hydrogens (tertiary/aromatic N) is 1. The molecule has 1 fully saturated rings. The Morgan fingerprint density at radius 3 is 2.33 bits per heavy atom. The van der Waals surface area contributed by atoms with Crippen LogP contribution in [0, 0.1) is 13.8 Å². The lowest BCUT2D eigenvalue weighted by atomic mass is 10.2. The van der Waals surface area contributed by atoms with E-state index < -0.39 is 11.9 Å². The molecule has 0 atom stereocenters. The number of hydrogen-bond acceptors (Lipinski definition) is 3. The van der Waals surface area contributed by atoms with Crippen LogP contribution in [0.4, 0.5) is 4.79 Å². The second-order valence-corrected chi connectivity index (χ2v) is 7.95. The average Bonchev–Trinajstić information content (AvgIpc) is 3.19. The first kappa shape index (κ1) is 20.0. The summed E-state index contributed by atoms with van der Waals surface area (Å²) in [5.74, 6) is 0.369. The molecule has 7 heteroatoms. The number of nitrogens with one attached hydrogen (secondary N) is 2. The van der Waals surface area contributed by atoms with Gasteiger partial charge in [0.2, 0.25) is 0 Å². The van der Waals surface area contributed by atoms with Gasteiger partial charge in [-0.15, -0.1) is 0 Å². The fourth-order valence-corrected chi connectivity index (χ4v) is 3.67. The summed E-state index contributed by atoms with van der Waals surface area (Å²) in [5.41, 5.74) is 5.20. The van der Waals surface area contributed by atoms with E-state index in [1.165, 1.54) is 0 Å². The Balaban J connectivity index is 1.52. The maximum Gasteiger partial charge on any atom is 0.326 e. The third-order valence-electron chi connectivity index (χ3n) is 4.90. The molecule has 0 bridgehead atoms. The number of ether oxygens (including phenoxy) is 1. The van der Waals surface area contributed by atoms with Crippen LogP contribution in [0.5, 0.6) is 5.75 Å². The molecular formula is C23H20BrN3O3. The van der Waals surface area contributed by atoms with Crippen molar-refractivity contribution in [1.82, 2.24) is 15.2 Å². The summed E-state index contributed by atoms with van der Waals surface area (Å²) in [7, 11) is 0. The van der Waals surface area contributed by atoms with Gasteiger partial charge in [-0.25, -0.2) is 4.79 Å². The van der Waals surface area contributed by atoms with E-state index in [9.17, 15) is 9.59 Å². The van der Waals surface area contributed by atoms with Crippen LogP contribution < -0.4 is 15.4 Å². The normalized spacial score (nSPS) is 14.7. The van der Waals surface area contributed by atoms with Crippen molar-refractivity contribution in [1.29, 1.82) is 0 Å². The molecule has 2 heterocycles. The molecule has 152 valence electrons. The highest BCUT2D eigenvalue weighted by atomic mass is 79.9. The molecule has 0 radical (unpaired) electrons. The van der Waals surface area contributed by atoms with Crippen LogP contribution in [-0.2, 0) is 11.4 Å². The van der Waals surface area contributed by atoms with Gasteiger partial charge in [-0.3, -0.25) is 10.1 Å². The molecule has 0 spiro atoms. The lowest BCUT2D eigenvalue weighted by molar-refractivity contribution is -0.115. The predicted molar refractivity (Wildman–Crippen MR) is 118 cm³/mol. The van der Waals surface area contributed by atoms with Gasteiger partial charge in [0.15, 0.2) is 0 Å². The molecule has 2 N–H and O–H groups in total. The highest BCUT2D eigenvalue weighted by Gasteiger charge is 2.23. The van der Waals surface area contributed by atoms with Crippen molar-refractivity contribution in [2.45, 2.75) is 20.5 Å². The number of aryl methyl sites for hydroxylation is 1. The monoisotopic (exact) mass is 465 g/mol. The number of urea groups is 1. The number of imide groups is 1. The third-order valence-corrected chi connectivity index (χ3v) is 5.43. The summed E-state index contributed by atoms with van der Waals surface area (Å²) in [6, 6.07) is 17.4. The topological polar surface area (TPSA) is 72.4 Å². The highest BCUT2D eigenvalue weighted by molar-refractivity contribution is 9.10. The van der Waals surface area contributed by atoms with Crippen LogP contribution in [0.3, 0.4) is 0 Å². The van der Waals surface area contributed by atoms with Gasteiger partial charge < -0.3 is 14.6 Å². The van der Waals surface area contributed by atoms with Gasteiger partial charge in [0.25, 0.3) is 5.91 Å². The van der Waals surface area contributed by atoms with Crippen LogP contribution in [0.1, 0.15) is 22.5 Å². The van der Waals surface area contributed by atoms with E-state index in [1.807, 2.05) is 68.4 Å². The largest absolute Gasteiger partial charge is 0.489 e. The van der Waals surface area contributed by atoms with Crippen molar-refractivity contribution in [3.05, 3.63) is 87.3 Å². The number of benzene rings is 2. The minimum atomic E-state index is -0.501. The van der Waals surface area contributed by atoms with Gasteiger partial charge in [0.05, 0.1) is 0 Å². The van der Waals surface area contributed by atoms with Crippen LogP contribution in [-0.4, -0.2) is 16.5 Å². The van der Waals surface area contributed by atoms with Crippen molar-refractivity contribution in [3.63, 3.8) is 0 Å². The second kappa shape index (κ2) is 8.20. The number of amides is 3. The molecular weight excluding hydrogens is 446 g/mol. The van der Waals surface area contributed by atoms with E-state index in [0.29, 0.717) is 6.61 Å². The number of aromatic nitrogens is 1. The zero-order valence-corrected chi connectivity index (χ0v) is 18.1. The quantitative estimate of drug-likeness (QED) is 0.426. The number of halogens is 1. The molecule has 0 saturated carbocycles. The van der Waals surface area contributed by atoms with E-state index in [4.69, 9.17) is 4.74 Å². The molecule has 1 aliphatic heterocycles. The SMILES string of the molecule is Cc1cc(/C=C2\NC(=O)NC2=O)c(C)n1-c1ccc(OCc2ccc(Br)cc2)cc1. The summed E-state index contributed by atoms with van der Waals surface area (Å²) >= 11 is 3.43. The predicted octanol–water partition coefficient (Wildman–Crippen LogP) is 4.62. The molecule has 0 unspecified atom stereocenters. The fraction of sp³-hybridized carbons (Fsp3) is 0.130. The maximum atomic E-state index is 11.8. The Labute approximate surface area is 182 Å². The van der Waals surface area contributed by atoms with Crippen molar-refractivity contribution >= 4 is 33.9 Å². The van der Waals surface area contributed by atoms with Crippen molar-refractivity contribution < 1.29 is 14.3 Å². The lowest BCUT2D eigenvalue weighted by Crippen LogP contribution is -2.22. The maximum absolute atomic E-state index is 11.8. The van der Waals surface area contributed by atoms with Gasteiger partial charge in [-0.1, -0.05) is 28.1 Å². The van der Waals surface area contributed by atoms with Crippen molar-refractivity contribution in [3.8, 4) is 11.4 Å². The number of carbonyl (C=O) groups excluding carboxylic acids is 2. The minimum Gasteiger partial charge on any atom is -0.489 e. The molecule has 1 saturated heterocycles. The van der Waals surface area contributed by atoms with Gasteiger partial charge in [0, 0.05) is 21.5 Å². The van der Waals surface area contributed by atoms with Crippen LogP contribution in [0.2, 0.25) is 0 Å². The Bertz CT molecular complexity index is 1150. The van der Waals surface area contributed by atoms with Gasteiger partial charge in [-0.05, 0) is 73.5 Å². The summed E-state index contributed by atoms with van der Waals surface area (Å²) in [6.07, 6.45) is 1.69. The van der Waals surface area contributed by atoms with Gasteiger partial charge >= 0.3 is 6.03 Å². The molecule has 3 amide bonds. The van der Waals surface area contributed by atoms with E-state index in [0.717, 1.165) is 38.4 Å². The first-order valence-corrected chi connectivity index (χ1v) is 10.2. The first-order chi connectivity index (χ1) is 14.4. The molecule has 2 aromatic carbocycles. The van der Waals surface area contributed by atoms with E-state index in [-0.39, 0.29) is 5.70 Å². The average molecular weight is 466 g/mol. The Kier molecular flexibility index (Phi) is 5.46. The second-order valence-electron chi connectivity index (χ2n) is 7.04. The standard InChI is InChI=1S/C23H20BrN3O3/c1-14-11-17(12-21-22(28)26-23(29)25-21)15(2)27(14)19-7-9-20(10-8-19)30-13-16-3-5-18(24)6-4-16/h3-12H,13H2,1-2H3,(H2,25,26,28,29)/b21-12-. The molecule has 1 aromatic heterocycles. The first-order valence-electron chi connectivity index (χ1n) is 9.41. The van der Waals surface area contributed by atoms with Crippen LogP contribution in [0.15, 0.2) is 64.8 Å².